The molecule has 0 aromatic heterocycles. The van der Waals surface area contributed by atoms with E-state index in [4.69, 9.17) is 18.9 Å². The minimum atomic E-state index is -4.60. The van der Waals surface area contributed by atoms with Gasteiger partial charge in [-0.1, -0.05) is 161 Å². The summed E-state index contributed by atoms with van der Waals surface area (Å²) in [5.74, 6) is -1.98. The maximum Gasteiger partial charge on any atom is 0.306 e. The molecule has 0 aromatic carbocycles. The molecule has 1 aliphatic rings. The molecule has 0 aliphatic carbocycles. The molecule has 6 unspecified atom stereocenters. The Kier molecular flexibility index (Phi) is 33.0. The highest BCUT2D eigenvalue weighted by Crippen LogP contribution is 2.24. The zero-order chi connectivity index (χ0) is 42.0. The molecule has 1 rings (SSSR count). The number of allylic oxidation sites excluding steroid dienone is 2. The van der Waals surface area contributed by atoms with E-state index in [1.54, 1.807) is 0 Å². The first kappa shape index (κ1) is 53.4. The van der Waals surface area contributed by atoms with Crippen molar-refractivity contribution in [3.05, 3.63) is 12.2 Å². The van der Waals surface area contributed by atoms with Crippen LogP contribution < -0.4 is 0 Å². The highest BCUT2D eigenvalue weighted by molar-refractivity contribution is 7.85. The van der Waals surface area contributed by atoms with Crippen LogP contribution in [0.4, 0.5) is 0 Å². The molecule has 0 saturated carbocycles. The molecule has 1 saturated heterocycles. The lowest BCUT2D eigenvalue weighted by Gasteiger charge is -2.40. The van der Waals surface area contributed by atoms with E-state index in [-0.39, 0.29) is 19.4 Å². The Morgan fingerprint density at radius 1 is 0.579 bits per heavy atom. The van der Waals surface area contributed by atoms with Gasteiger partial charge in [0.2, 0.25) is 0 Å². The van der Waals surface area contributed by atoms with Crippen LogP contribution in [0.3, 0.4) is 0 Å². The Morgan fingerprint density at radius 3 is 1.46 bits per heavy atom. The number of carbonyl (C=O) groups excluding carboxylic acids is 2. The van der Waals surface area contributed by atoms with Crippen molar-refractivity contribution in [2.45, 2.75) is 237 Å². The van der Waals surface area contributed by atoms with Gasteiger partial charge in [-0.15, -0.1) is 0 Å². The highest BCUT2D eigenvalue weighted by atomic mass is 32.2. The normalized spacial score (nSPS) is 20.6. The third kappa shape index (κ3) is 30.1. The Bertz CT molecular complexity index is 1120. The van der Waals surface area contributed by atoms with Gasteiger partial charge in [-0.3, -0.25) is 14.1 Å². The Labute approximate surface area is 346 Å². The predicted octanol–water partition coefficient (Wildman–Crippen LogP) is 9.06. The van der Waals surface area contributed by atoms with Crippen LogP contribution in [0.5, 0.6) is 0 Å². The smallest absolute Gasteiger partial charge is 0.306 e. The van der Waals surface area contributed by atoms with Crippen LogP contribution in [0.25, 0.3) is 0 Å². The van der Waals surface area contributed by atoms with Crippen molar-refractivity contribution in [1.29, 1.82) is 0 Å². The van der Waals surface area contributed by atoms with Crippen molar-refractivity contribution in [2.24, 2.45) is 0 Å². The zero-order valence-electron chi connectivity index (χ0n) is 35.7. The van der Waals surface area contributed by atoms with Crippen LogP contribution in [-0.2, 0) is 38.7 Å². The van der Waals surface area contributed by atoms with E-state index in [1.807, 2.05) is 0 Å². The standard InChI is InChI=1S/C44H82O12S/c1-3-5-7-9-11-13-15-16-17-18-19-20-21-23-25-27-29-31-33-40(46)55-37(34-53-39(45)32-30-28-26-24-22-14-12-10-8-6-4-2)35-54-44-43(49)42(48)41(47)38(56-44)36-57(50,51)52/h17-18,37-38,41-44,47-49H,3-16,19-36H2,1-2H3,(H,50,51,52)/b18-17-. The summed E-state index contributed by atoms with van der Waals surface area (Å²) in [6.07, 6.45) is 26.9. The molecule has 1 heterocycles. The van der Waals surface area contributed by atoms with E-state index >= 15 is 0 Å². The lowest BCUT2D eigenvalue weighted by molar-refractivity contribution is -0.297. The largest absolute Gasteiger partial charge is 0.462 e. The lowest BCUT2D eigenvalue weighted by atomic mass is 10.00. The molecule has 57 heavy (non-hydrogen) atoms. The molecule has 6 atom stereocenters. The van der Waals surface area contributed by atoms with E-state index in [0.29, 0.717) is 12.8 Å². The van der Waals surface area contributed by atoms with Gasteiger partial charge in [-0.25, -0.2) is 0 Å². The van der Waals surface area contributed by atoms with Crippen LogP contribution >= 0.6 is 0 Å². The number of esters is 2. The number of aliphatic hydroxyl groups is 3. The molecule has 13 heteroatoms. The second-order valence-electron chi connectivity index (χ2n) is 16.1. The van der Waals surface area contributed by atoms with Crippen LogP contribution in [-0.4, -0.2) is 96.0 Å². The summed E-state index contributed by atoms with van der Waals surface area (Å²) < 4.78 is 54.0. The summed E-state index contributed by atoms with van der Waals surface area (Å²) in [6.45, 7) is 3.75. The van der Waals surface area contributed by atoms with Gasteiger partial charge in [-0.2, -0.15) is 8.42 Å². The summed E-state index contributed by atoms with van der Waals surface area (Å²) in [7, 11) is -4.60. The summed E-state index contributed by atoms with van der Waals surface area (Å²) in [5.41, 5.74) is 0. The lowest BCUT2D eigenvalue weighted by Crippen LogP contribution is -2.60. The summed E-state index contributed by atoms with van der Waals surface area (Å²) in [4.78, 5) is 25.3. The molecule has 0 bridgehead atoms. The summed E-state index contributed by atoms with van der Waals surface area (Å²) in [6, 6.07) is 0. The third-order valence-corrected chi connectivity index (χ3v) is 11.3. The fourth-order valence-corrected chi connectivity index (χ4v) is 7.72. The number of aliphatic hydroxyl groups excluding tert-OH is 3. The molecule has 12 nitrogen and oxygen atoms in total. The number of hydrogen-bond donors (Lipinski definition) is 4. The van der Waals surface area contributed by atoms with Gasteiger partial charge in [0.25, 0.3) is 10.1 Å². The van der Waals surface area contributed by atoms with E-state index in [9.17, 15) is 37.9 Å². The average Bonchev–Trinajstić information content (AvgIpc) is 3.17. The first-order valence-corrected chi connectivity index (χ1v) is 24.4. The predicted molar refractivity (Wildman–Crippen MR) is 224 cm³/mol. The average molecular weight is 835 g/mol. The monoisotopic (exact) mass is 835 g/mol. The van der Waals surface area contributed by atoms with E-state index < -0.39 is 71.2 Å². The SMILES string of the molecule is CCCCCCCCC/C=C\CCCCCCCCCC(=O)OC(COC(=O)CCCCCCCCCCCCC)COC1OC(CS(=O)(=O)O)C(O)C(O)C1O. The molecule has 1 fully saturated rings. The molecule has 336 valence electrons. The quantitative estimate of drug-likeness (QED) is 0.0200. The first-order chi connectivity index (χ1) is 27.5. The van der Waals surface area contributed by atoms with Crippen molar-refractivity contribution < 1.29 is 56.8 Å². The minimum Gasteiger partial charge on any atom is -0.462 e. The number of ether oxygens (including phenoxy) is 4. The number of hydrogen-bond acceptors (Lipinski definition) is 11. The molecule has 0 radical (unpaired) electrons. The maximum absolute atomic E-state index is 12.8. The Hall–Kier alpha value is -1.61. The molecule has 4 N–H and O–H groups in total. The van der Waals surface area contributed by atoms with Crippen LogP contribution in [0.2, 0.25) is 0 Å². The molecular weight excluding hydrogens is 753 g/mol. The van der Waals surface area contributed by atoms with Gasteiger partial charge in [0.15, 0.2) is 12.4 Å². The molecule has 1 aliphatic heterocycles. The topological polar surface area (TPSA) is 186 Å². The molecule has 0 aromatic rings. The Morgan fingerprint density at radius 2 is 1.00 bits per heavy atom. The number of carbonyl (C=O) groups is 2. The zero-order valence-corrected chi connectivity index (χ0v) is 36.5. The van der Waals surface area contributed by atoms with Crippen LogP contribution in [0, 0.1) is 0 Å². The van der Waals surface area contributed by atoms with Gasteiger partial charge < -0.3 is 34.3 Å². The van der Waals surface area contributed by atoms with Crippen LogP contribution in [0.15, 0.2) is 12.2 Å². The summed E-state index contributed by atoms with van der Waals surface area (Å²) >= 11 is 0. The molecule has 0 spiro atoms. The van der Waals surface area contributed by atoms with Gasteiger partial charge in [0, 0.05) is 12.8 Å². The maximum atomic E-state index is 12.8. The number of unbranched alkanes of at least 4 members (excludes halogenated alkanes) is 24. The van der Waals surface area contributed by atoms with Crippen molar-refractivity contribution in [1.82, 2.24) is 0 Å². The molecule has 0 amide bonds. The van der Waals surface area contributed by atoms with Gasteiger partial charge in [0.05, 0.1) is 6.61 Å². The van der Waals surface area contributed by atoms with Gasteiger partial charge in [0.1, 0.15) is 36.8 Å². The second-order valence-corrected chi connectivity index (χ2v) is 17.6. The van der Waals surface area contributed by atoms with Crippen molar-refractivity contribution in [2.75, 3.05) is 19.0 Å². The summed E-state index contributed by atoms with van der Waals surface area (Å²) in [5, 5.41) is 30.8. The minimum absolute atomic E-state index is 0.163. The van der Waals surface area contributed by atoms with E-state index in [2.05, 4.69) is 26.0 Å². The molecular formula is C44H82O12S. The fraction of sp³-hybridized carbons (Fsp3) is 0.909. The third-order valence-electron chi connectivity index (χ3n) is 10.6. The highest BCUT2D eigenvalue weighted by Gasteiger charge is 2.46. The fourth-order valence-electron chi connectivity index (χ4n) is 7.02. The van der Waals surface area contributed by atoms with Crippen molar-refractivity contribution >= 4 is 22.1 Å². The first-order valence-electron chi connectivity index (χ1n) is 22.7. The van der Waals surface area contributed by atoms with Crippen LogP contribution in [0.1, 0.15) is 200 Å². The Balaban J connectivity index is 2.43. The van der Waals surface area contributed by atoms with Crippen molar-refractivity contribution in [3.63, 3.8) is 0 Å². The van der Waals surface area contributed by atoms with Gasteiger partial charge in [-0.05, 0) is 38.5 Å². The van der Waals surface area contributed by atoms with Crippen molar-refractivity contribution in [3.8, 4) is 0 Å². The number of rotatable bonds is 38. The van der Waals surface area contributed by atoms with Gasteiger partial charge >= 0.3 is 11.9 Å². The second kappa shape index (κ2) is 35.2. The van der Waals surface area contributed by atoms with E-state index in [0.717, 1.165) is 51.4 Å². The van der Waals surface area contributed by atoms with E-state index in [1.165, 1.54) is 109 Å².